The molecular formula is C16H19NS2. The topological polar surface area (TPSA) is 26.0 Å². The van der Waals surface area contributed by atoms with Gasteiger partial charge in [0.05, 0.1) is 0 Å². The minimum absolute atomic E-state index is 0.814. The van der Waals surface area contributed by atoms with Crippen molar-refractivity contribution in [3.05, 3.63) is 54.1 Å². The first-order chi connectivity index (χ1) is 9.28. The Balaban J connectivity index is 1.87. The molecule has 0 saturated carbocycles. The SMILES string of the molecule is CCCCc1ccc(SSc2ccc(N)cc2)cc1. The third-order valence-corrected chi connectivity index (χ3v) is 5.27. The van der Waals surface area contributed by atoms with E-state index in [9.17, 15) is 0 Å². The van der Waals surface area contributed by atoms with Crippen LogP contribution in [0.1, 0.15) is 25.3 Å². The van der Waals surface area contributed by atoms with Gasteiger partial charge in [-0.2, -0.15) is 0 Å². The second-order valence-corrected chi connectivity index (χ2v) is 6.76. The first kappa shape index (κ1) is 14.4. The molecule has 0 aliphatic rings. The molecule has 0 heterocycles. The van der Waals surface area contributed by atoms with E-state index in [2.05, 4.69) is 43.3 Å². The molecule has 1 nitrogen and oxygen atoms in total. The third-order valence-electron chi connectivity index (χ3n) is 2.86. The van der Waals surface area contributed by atoms with E-state index >= 15 is 0 Å². The largest absolute Gasteiger partial charge is 0.399 e. The second-order valence-electron chi connectivity index (χ2n) is 4.48. The summed E-state index contributed by atoms with van der Waals surface area (Å²) >= 11 is 0. The number of anilines is 1. The molecule has 2 aromatic rings. The third kappa shape index (κ3) is 4.84. The van der Waals surface area contributed by atoms with Crippen molar-refractivity contribution in [3.8, 4) is 0 Å². The summed E-state index contributed by atoms with van der Waals surface area (Å²) in [6.45, 7) is 2.23. The Morgan fingerprint density at radius 1 is 0.842 bits per heavy atom. The molecule has 0 amide bonds. The van der Waals surface area contributed by atoms with Gasteiger partial charge in [0.2, 0.25) is 0 Å². The Morgan fingerprint density at radius 2 is 1.37 bits per heavy atom. The molecule has 3 heteroatoms. The summed E-state index contributed by atoms with van der Waals surface area (Å²) in [6, 6.07) is 16.9. The van der Waals surface area contributed by atoms with Crippen LogP contribution in [0.3, 0.4) is 0 Å². The predicted octanol–water partition coefficient (Wildman–Crippen LogP) is 5.41. The highest BCUT2D eigenvalue weighted by Crippen LogP contribution is 2.37. The maximum atomic E-state index is 5.67. The average molecular weight is 289 g/mol. The van der Waals surface area contributed by atoms with Crippen molar-refractivity contribution in [2.45, 2.75) is 36.0 Å². The van der Waals surface area contributed by atoms with Crippen molar-refractivity contribution in [3.63, 3.8) is 0 Å². The molecule has 0 unspecified atom stereocenters. The Morgan fingerprint density at radius 3 is 1.89 bits per heavy atom. The van der Waals surface area contributed by atoms with E-state index in [4.69, 9.17) is 5.73 Å². The molecular weight excluding hydrogens is 270 g/mol. The van der Waals surface area contributed by atoms with Gasteiger partial charge < -0.3 is 5.73 Å². The van der Waals surface area contributed by atoms with Crippen molar-refractivity contribution in [1.29, 1.82) is 0 Å². The highest BCUT2D eigenvalue weighted by atomic mass is 33.1. The number of unbranched alkanes of at least 4 members (excludes halogenated alkanes) is 1. The fourth-order valence-corrected chi connectivity index (χ4v) is 3.64. The number of aryl methyl sites for hydroxylation is 1. The Hall–Kier alpha value is -1.06. The summed E-state index contributed by atoms with van der Waals surface area (Å²) in [5.74, 6) is 0. The van der Waals surface area contributed by atoms with Crippen LogP contribution in [-0.2, 0) is 6.42 Å². The van der Waals surface area contributed by atoms with Crippen molar-refractivity contribution in [1.82, 2.24) is 0 Å². The second kappa shape index (κ2) is 7.51. The number of nitrogen functional groups attached to an aromatic ring is 1. The van der Waals surface area contributed by atoms with Gasteiger partial charge in [-0.3, -0.25) is 0 Å². The van der Waals surface area contributed by atoms with E-state index in [0.717, 1.165) is 5.69 Å². The summed E-state index contributed by atoms with van der Waals surface area (Å²) in [7, 11) is 3.55. The van der Waals surface area contributed by atoms with Crippen LogP contribution in [0.2, 0.25) is 0 Å². The zero-order valence-electron chi connectivity index (χ0n) is 11.1. The van der Waals surface area contributed by atoms with E-state index in [0.29, 0.717) is 0 Å². The van der Waals surface area contributed by atoms with Gasteiger partial charge in [0.15, 0.2) is 0 Å². The van der Waals surface area contributed by atoms with Gasteiger partial charge in [0.1, 0.15) is 0 Å². The predicted molar refractivity (Wildman–Crippen MR) is 87.6 cm³/mol. The van der Waals surface area contributed by atoms with Crippen molar-refractivity contribution in [2.75, 3.05) is 5.73 Å². The lowest BCUT2D eigenvalue weighted by Crippen LogP contribution is -1.83. The standard InChI is InChI=1S/C16H19NS2/c1-2-3-4-13-5-9-15(10-6-13)18-19-16-11-7-14(17)8-12-16/h5-12H,2-4,17H2,1H3. The highest BCUT2D eigenvalue weighted by molar-refractivity contribution is 8.76. The van der Waals surface area contributed by atoms with Crippen molar-refractivity contribution in [2.24, 2.45) is 0 Å². The Labute approximate surface area is 123 Å². The lowest BCUT2D eigenvalue weighted by Gasteiger charge is -2.04. The van der Waals surface area contributed by atoms with Crippen molar-refractivity contribution >= 4 is 27.3 Å². The van der Waals surface area contributed by atoms with Crippen LogP contribution >= 0.6 is 21.6 Å². The van der Waals surface area contributed by atoms with Crippen molar-refractivity contribution < 1.29 is 0 Å². The summed E-state index contributed by atoms with van der Waals surface area (Å²) in [5, 5.41) is 0. The van der Waals surface area contributed by atoms with Gasteiger partial charge in [-0.05, 0) is 54.8 Å². The molecule has 0 spiro atoms. The van der Waals surface area contributed by atoms with Crippen LogP contribution in [0.15, 0.2) is 58.3 Å². The molecule has 2 aromatic carbocycles. The first-order valence-corrected chi connectivity index (χ1v) is 8.72. The van der Waals surface area contributed by atoms with Gasteiger partial charge in [0, 0.05) is 15.5 Å². The average Bonchev–Trinajstić information content (AvgIpc) is 2.46. The van der Waals surface area contributed by atoms with E-state index in [1.54, 1.807) is 21.6 Å². The number of benzene rings is 2. The van der Waals surface area contributed by atoms with Gasteiger partial charge in [-0.25, -0.2) is 0 Å². The number of nitrogens with two attached hydrogens (primary N) is 1. The summed E-state index contributed by atoms with van der Waals surface area (Å²) in [6.07, 6.45) is 3.71. The molecule has 0 atom stereocenters. The monoisotopic (exact) mass is 289 g/mol. The lowest BCUT2D eigenvalue weighted by atomic mass is 10.1. The van der Waals surface area contributed by atoms with E-state index in [1.165, 1.54) is 34.6 Å². The van der Waals surface area contributed by atoms with Gasteiger partial charge in [0.25, 0.3) is 0 Å². The van der Waals surface area contributed by atoms with Crippen LogP contribution in [0.5, 0.6) is 0 Å². The maximum Gasteiger partial charge on any atom is 0.0314 e. The molecule has 0 aliphatic carbocycles. The highest BCUT2D eigenvalue weighted by Gasteiger charge is 1.98. The summed E-state index contributed by atoms with van der Waals surface area (Å²) in [4.78, 5) is 2.52. The van der Waals surface area contributed by atoms with Gasteiger partial charge in [-0.15, -0.1) is 0 Å². The van der Waals surface area contributed by atoms with Crippen LogP contribution in [0.25, 0.3) is 0 Å². The quantitative estimate of drug-likeness (QED) is 0.568. The van der Waals surface area contributed by atoms with Gasteiger partial charge in [-0.1, -0.05) is 47.1 Å². The number of hydrogen-bond acceptors (Lipinski definition) is 3. The molecule has 2 N–H and O–H groups in total. The normalized spacial score (nSPS) is 10.6. The molecule has 0 aromatic heterocycles. The minimum Gasteiger partial charge on any atom is -0.399 e. The first-order valence-electron chi connectivity index (χ1n) is 6.57. The maximum absolute atomic E-state index is 5.67. The van der Waals surface area contributed by atoms with E-state index in [1.807, 2.05) is 12.1 Å². The fraction of sp³-hybridized carbons (Fsp3) is 0.250. The molecule has 0 aliphatic heterocycles. The molecule has 0 fully saturated rings. The van der Waals surface area contributed by atoms with Crippen LogP contribution in [-0.4, -0.2) is 0 Å². The van der Waals surface area contributed by atoms with E-state index in [-0.39, 0.29) is 0 Å². The van der Waals surface area contributed by atoms with Crippen LogP contribution in [0, 0.1) is 0 Å². The molecule has 0 bridgehead atoms. The minimum atomic E-state index is 0.814. The Kier molecular flexibility index (Phi) is 5.67. The van der Waals surface area contributed by atoms with Crippen LogP contribution < -0.4 is 5.73 Å². The molecule has 19 heavy (non-hydrogen) atoms. The molecule has 100 valence electrons. The zero-order valence-corrected chi connectivity index (χ0v) is 12.8. The smallest absolute Gasteiger partial charge is 0.0314 e. The number of hydrogen-bond donors (Lipinski definition) is 1. The van der Waals surface area contributed by atoms with Gasteiger partial charge >= 0.3 is 0 Å². The zero-order chi connectivity index (χ0) is 13.5. The molecule has 0 saturated heterocycles. The molecule has 0 radical (unpaired) electrons. The lowest BCUT2D eigenvalue weighted by molar-refractivity contribution is 0.794. The number of rotatable bonds is 6. The van der Waals surface area contributed by atoms with Crippen LogP contribution in [0.4, 0.5) is 5.69 Å². The Bertz CT molecular complexity index is 491. The summed E-state index contributed by atoms with van der Waals surface area (Å²) in [5.41, 5.74) is 7.92. The fourth-order valence-electron chi connectivity index (χ4n) is 1.71. The van der Waals surface area contributed by atoms with E-state index < -0.39 is 0 Å². The summed E-state index contributed by atoms with van der Waals surface area (Å²) < 4.78 is 0. The molecule has 2 rings (SSSR count).